The van der Waals surface area contributed by atoms with Crippen LogP contribution in [0.3, 0.4) is 0 Å². The van der Waals surface area contributed by atoms with Crippen LogP contribution in [0.15, 0.2) is 12.5 Å². The van der Waals surface area contributed by atoms with E-state index in [1.165, 1.54) is 0 Å². The average molecular weight is 255 g/mol. The molecule has 0 saturated carbocycles. The lowest BCUT2D eigenvalue weighted by Gasteiger charge is -2.22. The molecule has 0 aliphatic heterocycles. The summed E-state index contributed by atoms with van der Waals surface area (Å²) in [5.41, 5.74) is 0.975. The van der Waals surface area contributed by atoms with Crippen molar-refractivity contribution in [2.75, 3.05) is 27.4 Å². The molecule has 0 aliphatic rings. The van der Waals surface area contributed by atoms with Crippen LogP contribution in [-0.2, 0) is 22.6 Å². The first-order valence-corrected chi connectivity index (χ1v) is 6.33. The second kappa shape index (κ2) is 7.51. The lowest BCUT2D eigenvalue weighted by molar-refractivity contribution is 0.0120. The van der Waals surface area contributed by atoms with Crippen molar-refractivity contribution in [3.63, 3.8) is 0 Å². The average Bonchev–Trinajstić information content (AvgIpc) is 2.80. The molecule has 5 heteroatoms. The summed E-state index contributed by atoms with van der Waals surface area (Å²) in [5, 5.41) is 3.27. The SMILES string of the molecule is COCCNCc1cn(CCC(C)(C)OC)cn1. The summed E-state index contributed by atoms with van der Waals surface area (Å²) in [6.07, 6.45) is 4.92. The van der Waals surface area contributed by atoms with Crippen LogP contribution in [0.2, 0.25) is 0 Å². The monoisotopic (exact) mass is 255 g/mol. The third-order valence-electron chi connectivity index (χ3n) is 3.00. The quantitative estimate of drug-likeness (QED) is 0.678. The van der Waals surface area contributed by atoms with Gasteiger partial charge in [-0.05, 0) is 20.3 Å². The molecule has 0 amide bonds. The van der Waals surface area contributed by atoms with E-state index in [2.05, 4.69) is 34.9 Å². The summed E-state index contributed by atoms with van der Waals surface area (Å²) in [5.74, 6) is 0. The zero-order chi connectivity index (χ0) is 13.4. The Hall–Kier alpha value is -0.910. The number of imidazole rings is 1. The van der Waals surface area contributed by atoms with Crippen molar-refractivity contribution in [1.29, 1.82) is 0 Å². The van der Waals surface area contributed by atoms with Crippen LogP contribution in [0, 0.1) is 0 Å². The highest BCUT2D eigenvalue weighted by Gasteiger charge is 2.15. The predicted octanol–water partition coefficient (Wildman–Crippen LogP) is 1.43. The van der Waals surface area contributed by atoms with Crippen LogP contribution in [-0.4, -0.2) is 42.5 Å². The van der Waals surface area contributed by atoms with Gasteiger partial charge in [0.25, 0.3) is 0 Å². The summed E-state index contributed by atoms with van der Waals surface area (Å²) in [4.78, 5) is 4.36. The third kappa shape index (κ3) is 5.62. The summed E-state index contributed by atoms with van der Waals surface area (Å²) in [6, 6.07) is 0. The van der Waals surface area contributed by atoms with E-state index >= 15 is 0 Å². The maximum absolute atomic E-state index is 5.40. The molecule has 0 saturated heterocycles. The molecule has 104 valence electrons. The molecule has 0 aliphatic carbocycles. The minimum absolute atomic E-state index is 0.0822. The number of ether oxygens (including phenoxy) is 2. The van der Waals surface area contributed by atoms with Crippen molar-refractivity contribution >= 4 is 0 Å². The molecular formula is C13H25N3O2. The van der Waals surface area contributed by atoms with Crippen molar-refractivity contribution in [3.8, 4) is 0 Å². The number of aryl methyl sites for hydroxylation is 1. The van der Waals surface area contributed by atoms with Gasteiger partial charge in [0.2, 0.25) is 0 Å². The molecule has 0 radical (unpaired) electrons. The van der Waals surface area contributed by atoms with E-state index in [0.29, 0.717) is 0 Å². The van der Waals surface area contributed by atoms with E-state index in [9.17, 15) is 0 Å². The fourth-order valence-corrected chi connectivity index (χ4v) is 1.51. The molecule has 0 spiro atoms. The van der Waals surface area contributed by atoms with Crippen LogP contribution in [0.1, 0.15) is 26.0 Å². The van der Waals surface area contributed by atoms with Crippen molar-refractivity contribution in [3.05, 3.63) is 18.2 Å². The van der Waals surface area contributed by atoms with Gasteiger partial charge in [0.05, 0.1) is 24.2 Å². The Morgan fingerprint density at radius 2 is 2.17 bits per heavy atom. The van der Waals surface area contributed by atoms with Gasteiger partial charge in [-0.1, -0.05) is 0 Å². The number of nitrogens with one attached hydrogen (secondary N) is 1. The third-order valence-corrected chi connectivity index (χ3v) is 3.00. The molecule has 0 aromatic carbocycles. The molecule has 0 atom stereocenters. The largest absolute Gasteiger partial charge is 0.383 e. The molecule has 0 bridgehead atoms. The van der Waals surface area contributed by atoms with Gasteiger partial charge in [-0.2, -0.15) is 0 Å². The van der Waals surface area contributed by atoms with Gasteiger partial charge in [0.15, 0.2) is 0 Å². The lowest BCUT2D eigenvalue weighted by atomic mass is 10.1. The molecule has 1 heterocycles. The molecule has 5 nitrogen and oxygen atoms in total. The first-order chi connectivity index (χ1) is 8.57. The molecule has 18 heavy (non-hydrogen) atoms. The van der Waals surface area contributed by atoms with Crippen LogP contribution < -0.4 is 5.32 Å². The number of methoxy groups -OCH3 is 2. The maximum Gasteiger partial charge on any atom is 0.0949 e. The van der Waals surface area contributed by atoms with Crippen molar-refractivity contribution in [2.24, 2.45) is 0 Å². The van der Waals surface area contributed by atoms with Gasteiger partial charge < -0.3 is 19.4 Å². The molecule has 1 N–H and O–H groups in total. The van der Waals surface area contributed by atoms with Crippen LogP contribution in [0.25, 0.3) is 0 Å². The molecule has 0 fully saturated rings. The topological polar surface area (TPSA) is 48.3 Å². The second-order valence-electron chi connectivity index (χ2n) is 4.99. The van der Waals surface area contributed by atoms with E-state index in [4.69, 9.17) is 9.47 Å². The molecule has 1 aromatic rings. The zero-order valence-corrected chi connectivity index (χ0v) is 11.9. The number of hydrogen-bond acceptors (Lipinski definition) is 4. The maximum atomic E-state index is 5.40. The molecule has 1 rings (SSSR count). The lowest BCUT2D eigenvalue weighted by Crippen LogP contribution is -2.24. The zero-order valence-electron chi connectivity index (χ0n) is 11.9. The fourth-order valence-electron chi connectivity index (χ4n) is 1.51. The minimum atomic E-state index is -0.0822. The Bertz CT molecular complexity index is 337. The Morgan fingerprint density at radius 3 is 2.83 bits per heavy atom. The summed E-state index contributed by atoms with van der Waals surface area (Å²) >= 11 is 0. The highest BCUT2D eigenvalue weighted by molar-refractivity contribution is 4.96. The number of hydrogen-bond donors (Lipinski definition) is 1. The van der Waals surface area contributed by atoms with Gasteiger partial charge in [0, 0.05) is 40.1 Å². The highest BCUT2D eigenvalue weighted by Crippen LogP contribution is 2.14. The number of aromatic nitrogens is 2. The standard InChI is InChI=1S/C13H25N3O2/c1-13(2,18-4)5-7-16-10-12(15-11-16)9-14-6-8-17-3/h10-11,14H,5-9H2,1-4H3. The van der Waals surface area contributed by atoms with Crippen molar-refractivity contribution in [2.45, 2.75) is 39.0 Å². The molecule has 0 unspecified atom stereocenters. The summed E-state index contributed by atoms with van der Waals surface area (Å²) < 4.78 is 12.5. The first kappa shape index (κ1) is 15.1. The smallest absolute Gasteiger partial charge is 0.0949 e. The molecule has 1 aromatic heterocycles. The Kier molecular flexibility index (Phi) is 6.32. The first-order valence-electron chi connectivity index (χ1n) is 6.33. The van der Waals surface area contributed by atoms with Gasteiger partial charge in [-0.15, -0.1) is 0 Å². The van der Waals surface area contributed by atoms with E-state index in [1.807, 2.05) is 6.33 Å². The van der Waals surface area contributed by atoms with Crippen LogP contribution >= 0.6 is 0 Å². The highest BCUT2D eigenvalue weighted by atomic mass is 16.5. The van der Waals surface area contributed by atoms with Crippen LogP contribution in [0.5, 0.6) is 0 Å². The van der Waals surface area contributed by atoms with E-state index < -0.39 is 0 Å². The Morgan fingerprint density at radius 1 is 1.39 bits per heavy atom. The predicted molar refractivity (Wildman–Crippen MR) is 71.5 cm³/mol. The van der Waals surface area contributed by atoms with Crippen LogP contribution in [0.4, 0.5) is 0 Å². The van der Waals surface area contributed by atoms with Crippen molar-refractivity contribution < 1.29 is 9.47 Å². The Labute approximate surface area is 109 Å². The fraction of sp³-hybridized carbons (Fsp3) is 0.769. The number of rotatable bonds is 9. The minimum Gasteiger partial charge on any atom is -0.383 e. The second-order valence-corrected chi connectivity index (χ2v) is 4.99. The van der Waals surface area contributed by atoms with Gasteiger partial charge in [-0.25, -0.2) is 4.98 Å². The summed E-state index contributed by atoms with van der Waals surface area (Å²) in [7, 11) is 3.45. The van der Waals surface area contributed by atoms with Gasteiger partial charge in [-0.3, -0.25) is 0 Å². The Balaban J connectivity index is 2.30. The molecular weight excluding hydrogens is 230 g/mol. The van der Waals surface area contributed by atoms with E-state index in [1.54, 1.807) is 14.2 Å². The normalized spacial score (nSPS) is 12.0. The van der Waals surface area contributed by atoms with Gasteiger partial charge in [0.1, 0.15) is 0 Å². The van der Waals surface area contributed by atoms with Crippen molar-refractivity contribution in [1.82, 2.24) is 14.9 Å². The summed E-state index contributed by atoms with van der Waals surface area (Å²) in [6.45, 7) is 7.47. The van der Waals surface area contributed by atoms with Gasteiger partial charge >= 0.3 is 0 Å². The van der Waals surface area contributed by atoms with E-state index in [0.717, 1.165) is 38.4 Å². The number of nitrogens with zero attached hydrogens (tertiary/aromatic N) is 2. The van der Waals surface area contributed by atoms with E-state index in [-0.39, 0.29) is 5.60 Å².